The summed E-state index contributed by atoms with van der Waals surface area (Å²) in [4.78, 5) is 123. The number of likely N-dealkylation sites (tertiary alicyclic amines) is 2. The van der Waals surface area contributed by atoms with Gasteiger partial charge in [-0.25, -0.2) is 9.59 Å². The Morgan fingerprint density at radius 3 is 1.25 bits per heavy atom. The third-order valence-corrected chi connectivity index (χ3v) is 9.66. The highest BCUT2D eigenvalue weighted by Crippen LogP contribution is 2.35. The van der Waals surface area contributed by atoms with Crippen molar-refractivity contribution in [2.75, 3.05) is 13.1 Å². The molecule has 2 heterocycles. The molecule has 2 unspecified atom stereocenters. The molecular weight excluding hydrogens is 672 g/mol. The summed E-state index contributed by atoms with van der Waals surface area (Å²) in [6.45, 7) is 10.6. The molecule has 13 heteroatoms. The normalized spacial score (nSPS) is 22.8. The van der Waals surface area contributed by atoms with Crippen LogP contribution in [0.4, 0.5) is 9.59 Å². The van der Waals surface area contributed by atoms with Crippen molar-refractivity contribution in [1.82, 2.24) is 9.80 Å². The van der Waals surface area contributed by atoms with E-state index in [2.05, 4.69) is 0 Å². The van der Waals surface area contributed by atoms with Crippen LogP contribution in [0, 0.1) is 11.8 Å². The smallest absolute Gasteiger partial charge is 0.410 e. The van der Waals surface area contributed by atoms with Crippen LogP contribution in [-0.4, -0.2) is 98.8 Å². The van der Waals surface area contributed by atoms with E-state index in [-0.39, 0.29) is 59.3 Å². The number of ketones is 7. The summed E-state index contributed by atoms with van der Waals surface area (Å²) in [5, 5.41) is 0. The molecule has 0 N–H and O–H groups in total. The van der Waals surface area contributed by atoms with E-state index in [0.717, 1.165) is 0 Å². The van der Waals surface area contributed by atoms with Crippen molar-refractivity contribution in [3.8, 4) is 0 Å². The Kier molecular flexibility index (Phi) is 9.13. The molecule has 52 heavy (non-hydrogen) atoms. The number of hydrogen-bond donors (Lipinski definition) is 0. The van der Waals surface area contributed by atoms with Crippen LogP contribution in [0.25, 0.3) is 0 Å². The van der Waals surface area contributed by atoms with Crippen LogP contribution in [0.15, 0.2) is 36.4 Å². The first-order valence-corrected chi connectivity index (χ1v) is 17.4. The molecule has 2 amide bonds. The zero-order chi connectivity index (χ0) is 38.0. The van der Waals surface area contributed by atoms with Crippen molar-refractivity contribution in [2.24, 2.45) is 11.8 Å². The maximum atomic E-state index is 13.7. The third kappa shape index (κ3) is 6.48. The van der Waals surface area contributed by atoms with Gasteiger partial charge in [0.1, 0.15) is 23.0 Å². The van der Waals surface area contributed by atoms with Crippen LogP contribution in [0.3, 0.4) is 0 Å². The number of benzene rings is 2. The van der Waals surface area contributed by atoms with Crippen LogP contribution >= 0.6 is 0 Å². The minimum absolute atomic E-state index is 0.00689. The van der Waals surface area contributed by atoms with E-state index in [1.165, 1.54) is 46.2 Å². The lowest BCUT2D eigenvalue weighted by molar-refractivity contribution is -0.125. The number of amides is 2. The van der Waals surface area contributed by atoms with Gasteiger partial charge in [-0.3, -0.25) is 43.4 Å². The van der Waals surface area contributed by atoms with Crippen LogP contribution < -0.4 is 0 Å². The predicted molar refractivity (Wildman–Crippen MR) is 183 cm³/mol. The molecule has 2 aromatic rings. The number of nitrogens with zero attached hydrogens (tertiary/aromatic N) is 2. The van der Waals surface area contributed by atoms with Crippen molar-refractivity contribution in [1.29, 1.82) is 0 Å². The molecule has 4 aliphatic rings. The number of ether oxygens (including phenoxy) is 2. The largest absolute Gasteiger partial charge is 0.444 e. The molecule has 0 radical (unpaired) electrons. The lowest BCUT2D eigenvalue weighted by atomic mass is 9.92. The fourth-order valence-electron chi connectivity index (χ4n) is 7.34. The second-order valence-electron chi connectivity index (χ2n) is 15.6. The summed E-state index contributed by atoms with van der Waals surface area (Å²) < 4.78 is 10.8. The number of carbonyl (C=O) groups is 9. The van der Waals surface area contributed by atoms with Gasteiger partial charge in [0.25, 0.3) is 0 Å². The van der Waals surface area contributed by atoms with Crippen LogP contribution in [0.5, 0.6) is 0 Å². The molecule has 6 rings (SSSR count). The molecule has 0 aromatic heterocycles. The van der Waals surface area contributed by atoms with Crippen molar-refractivity contribution in [3.63, 3.8) is 0 Å². The molecule has 4 atom stereocenters. The van der Waals surface area contributed by atoms with Gasteiger partial charge in [0.15, 0.2) is 40.5 Å². The van der Waals surface area contributed by atoms with Crippen LogP contribution in [0.2, 0.25) is 0 Å². The minimum Gasteiger partial charge on any atom is -0.444 e. The quantitative estimate of drug-likeness (QED) is 0.295. The molecule has 2 aromatic carbocycles. The average molecular weight is 713 g/mol. The standard InChI is InChI=1S/C39H40N2O11/c1-38(2,3)51-36(49)40-15-7-9-25(40)34(47)27-30(43)21-13-11-19(17-23(21)32(27)45)29(42)20-12-14-22-24(18-20)33(46)28(31(22)44)35(48)26-10-8-16-41(26)37(50)52-39(4,5)6/h11-14,17-18,25-28H,7-10,15-16H2,1-6H3/t25-,26-,27?,28?/m0/s1. The van der Waals surface area contributed by atoms with E-state index >= 15 is 0 Å². The van der Waals surface area contributed by atoms with Gasteiger partial charge in [0, 0.05) is 46.5 Å². The van der Waals surface area contributed by atoms with E-state index in [1.54, 1.807) is 41.5 Å². The summed E-state index contributed by atoms with van der Waals surface area (Å²) in [7, 11) is 0. The lowest BCUT2D eigenvalue weighted by Gasteiger charge is -2.28. The van der Waals surface area contributed by atoms with Crippen molar-refractivity contribution < 1.29 is 52.6 Å². The number of fused-ring (bicyclic) bond motifs is 2. The fraction of sp³-hybridized carbons (Fsp3) is 0.462. The van der Waals surface area contributed by atoms with E-state index in [4.69, 9.17) is 9.47 Å². The summed E-state index contributed by atoms with van der Waals surface area (Å²) in [5.41, 5.74) is -1.91. The van der Waals surface area contributed by atoms with Gasteiger partial charge in [-0.05, 0) is 91.5 Å². The molecule has 2 aliphatic heterocycles. The summed E-state index contributed by atoms with van der Waals surface area (Å²) in [5.74, 6) is -8.38. The number of Topliss-reactive ketones (excluding diaryl/α,β-unsaturated/α-hetero) is 6. The third-order valence-electron chi connectivity index (χ3n) is 9.66. The second-order valence-corrected chi connectivity index (χ2v) is 15.6. The topological polar surface area (TPSA) is 179 Å². The number of rotatable bonds is 6. The molecule has 0 saturated carbocycles. The van der Waals surface area contributed by atoms with Gasteiger partial charge < -0.3 is 9.47 Å². The zero-order valence-corrected chi connectivity index (χ0v) is 29.9. The highest BCUT2D eigenvalue weighted by atomic mass is 16.6. The maximum Gasteiger partial charge on any atom is 0.410 e. The van der Waals surface area contributed by atoms with Gasteiger partial charge in [-0.15, -0.1) is 0 Å². The summed E-state index contributed by atoms with van der Waals surface area (Å²) in [6, 6.07) is 5.68. The van der Waals surface area contributed by atoms with E-state index in [0.29, 0.717) is 12.8 Å². The Bertz CT molecular complexity index is 1840. The minimum atomic E-state index is -1.67. The molecule has 2 fully saturated rings. The summed E-state index contributed by atoms with van der Waals surface area (Å²) in [6.07, 6.45) is 0.0980. The average Bonchev–Trinajstić information content (AvgIpc) is 3.84. The van der Waals surface area contributed by atoms with Gasteiger partial charge in [0.2, 0.25) is 0 Å². The second kappa shape index (κ2) is 13.0. The number of carbonyl (C=O) groups excluding carboxylic acids is 9. The Balaban J connectivity index is 1.20. The van der Waals surface area contributed by atoms with E-state index in [9.17, 15) is 43.2 Å². The van der Waals surface area contributed by atoms with E-state index in [1.807, 2.05) is 0 Å². The maximum absolute atomic E-state index is 13.7. The molecule has 0 spiro atoms. The molecule has 272 valence electrons. The van der Waals surface area contributed by atoms with Gasteiger partial charge in [-0.2, -0.15) is 0 Å². The SMILES string of the molecule is CC(C)(C)OC(=O)N1CCC[C@H]1C(=O)C1C(=O)c2ccc(C(=O)c3ccc4c(c3)C(=O)C(C(=O)[C@@H]3CCCN3C(=O)OC(C)(C)C)C4=O)cc2C1=O. The first-order chi connectivity index (χ1) is 24.3. The van der Waals surface area contributed by atoms with Gasteiger partial charge in [0.05, 0.1) is 12.1 Å². The molecule has 0 bridgehead atoms. The monoisotopic (exact) mass is 712 g/mol. The Labute approximate surface area is 300 Å². The fourth-order valence-corrected chi connectivity index (χ4v) is 7.34. The zero-order valence-electron chi connectivity index (χ0n) is 29.9. The first kappa shape index (κ1) is 36.5. The van der Waals surface area contributed by atoms with Crippen molar-refractivity contribution >= 4 is 52.7 Å². The highest BCUT2D eigenvalue weighted by molar-refractivity contribution is 6.38. The van der Waals surface area contributed by atoms with Crippen LogP contribution in [0.1, 0.15) is 125 Å². The molecule has 13 nitrogen and oxygen atoms in total. The van der Waals surface area contributed by atoms with Gasteiger partial charge >= 0.3 is 12.2 Å². The summed E-state index contributed by atoms with van der Waals surface area (Å²) >= 11 is 0. The van der Waals surface area contributed by atoms with Gasteiger partial charge in [-0.1, -0.05) is 12.1 Å². The molecular formula is C39H40N2O11. The van der Waals surface area contributed by atoms with E-state index < -0.39 is 87.8 Å². The van der Waals surface area contributed by atoms with Crippen molar-refractivity contribution in [3.05, 3.63) is 69.8 Å². The van der Waals surface area contributed by atoms with Crippen LogP contribution in [-0.2, 0) is 19.1 Å². The lowest BCUT2D eigenvalue weighted by Crippen LogP contribution is -2.47. The molecule has 2 aliphatic carbocycles. The number of hydrogen-bond acceptors (Lipinski definition) is 11. The highest BCUT2D eigenvalue weighted by Gasteiger charge is 2.51. The van der Waals surface area contributed by atoms with Crippen molar-refractivity contribution in [2.45, 2.75) is 90.5 Å². The molecule has 2 saturated heterocycles. The Morgan fingerprint density at radius 2 is 0.904 bits per heavy atom. The first-order valence-electron chi connectivity index (χ1n) is 17.4. The predicted octanol–water partition coefficient (Wildman–Crippen LogP) is 4.85. The Hall–Kier alpha value is -5.33. The Morgan fingerprint density at radius 1 is 0.558 bits per heavy atom.